The Kier molecular flexibility index (Phi) is 4.76. The fourth-order valence-electron chi connectivity index (χ4n) is 2.76. The summed E-state index contributed by atoms with van der Waals surface area (Å²) in [5, 5.41) is 4.28. The number of pyridine rings is 1. The Morgan fingerprint density at radius 2 is 2.11 bits per heavy atom. The van der Waals surface area contributed by atoms with E-state index in [1.165, 1.54) is 0 Å². The number of nitrogens with zero attached hydrogens (tertiary/aromatic N) is 4. The molecule has 1 aromatic carbocycles. The van der Waals surface area contributed by atoms with Gasteiger partial charge in [-0.25, -0.2) is 9.97 Å². The van der Waals surface area contributed by atoms with E-state index in [9.17, 15) is 0 Å². The highest BCUT2D eigenvalue weighted by Gasteiger charge is 2.15. The summed E-state index contributed by atoms with van der Waals surface area (Å²) in [6.45, 7) is 2.07. The van der Waals surface area contributed by atoms with Crippen molar-refractivity contribution < 1.29 is 4.74 Å². The molecule has 0 bridgehead atoms. The highest BCUT2D eigenvalue weighted by atomic mass is 32.1. The standard InChI is InChI=1S/C20H17N5OS/c1-13-17-19(27-18(13)15-6-3-7-16(9-15)26-2)20(23-12-22-17)25-24-11-14-5-4-8-21-10-14/h3-12H,1-2H3,(H,22,23,25)/b24-11+. The smallest absolute Gasteiger partial charge is 0.167 e. The van der Waals surface area contributed by atoms with Gasteiger partial charge in [-0.15, -0.1) is 11.3 Å². The summed E-state index contributed by atoms with van der Waals surface area (Å²) in [4.78, 5) is 14.0. The monoisotopic (exact) mass is 375 g/mol. The van der Waals surface area contributed by atoms with Crippen LogP contribution in [0.1, 0.15) is 11.1 Å². The first-order chi connectivity index (χ1) is 13.3. The number of hydrogen-bond donors (Lipinski definition) is 1. The van der Waals surface area contributed by atoms with Crippen molar-refractivity contribution in [1.29, 1.82) is 0 Å². The van der Waals surface area contributed by atoms with Gasteiger partial charge in [0.2, 0.25) is 0 Å². The first-order valence-corrected chi connectivity index (χ1v) is 9.15. The minimum atomic E-state index is 0.683. The summed E-state index contributed by atoms with van der Waals surface area (Å²) >= 11 is 1.64. The van der Waals surface area contributed by atoms with Gasteiger partial charge < -0.3 is 4.74 Å². The van der Waals surface area contributed by atoms with Crippen LogP contribution < -0.4 is 10.2 Å². The third kappa shape index (κ3) is 3.50. The molecular formula is C20H17N5OS. The first kappa shape index (κ1) is 17.1. The lowest BCUT2D eigenvalue weighted by atomic mass is 10.1. The van der Waals surface area contributed by atoms with E-state index in [0.717, 1.165) is 37.5 Å². The molecule has 0 aliphatic heterocycles. The van der Waals surface area contributed by atoms with Crippen LogP contribution in [0.3, 0.4) is 0 Å². The maximum Gasteiger partial charge on any atom is 0.167 e. The van der Waals surface area contributed by atoms with Crippen LogP contribution in [0, 0.1) is 6.92 Å². The molecule has 3 aromatic heterocycles. The minimum absolute atomic E-state index is 0.683. The van der Waals surface area contributed by atoms with E-state index in [1.54, 1.807) is 43.4 Å². The molecule has 6 nitrogen and oxygen atoms in total. The van der Waals surface area contributed by atoms with Crippen LogP contribution >= 0.6 is 11.3 Å². The van der Waals surface area contributed by atoms with E-state index in [-0.39, 0.29) is 0 Å². The molecule has 3 heterocycles. The molecule has 0 saturated heterocycles. The molecule has 27 heavy (non-hydrogen) atoms. The summed E-state index contributed by atoms with van der Waals surface area (Å²) in [5.74, 6) is 1.51. The molecule has 134 valence electrons. The number of benzene rings is 1. The zero-order valence-corrected chi connectivity index (χ0v) is 15.7. The van der Waals surface area contributed by atoms with Crippen LogP contribution in [-0.4, -0.2) is 28.3 Å². The maximum absolute atomic E-state index is 5.35. The largest absolute Gasteiger partial charge is 0.497 e. The zero-order valence-electron chi connectivity index (χ0n) is 14.9. The molecule has 4 aromatic rings. The Hall–Kier alpha value is -3.32. The number of hydrazone groups is 1. The van der Waals surface area contributed by atoms with Gasteiger partial charge in [-0.05, 0) is 36.2 Å². The summed E-state index contributed by atoms with van der Waals surface area (Å²) in [6.07, 6.45) is 6.74. The number of rotatable bonds is 5. The van der Waals surface area contributed by atoms with Crippen molar-refractivity contribution >= 4 is 33.6 Å². The van der Waals surface area contributed by atoms with Crippen molar-refractivity contribution in [2.24, 2.45) is 5.10 Å². The lowest BCUT2D eigenvalue weighted by Crippen LogP contribution is -1.94. The van der Waals surface area contributed by atoms with Gasteiger partial charge in [-0.1, -0.05) is 18.2 Å². The average molecular weight is 375 g/mol. The summed E-state index contributed by atoms with van der Waals surface area (Å²) in [7, 11) is 1.67. The molecule has 0 spiro atoms. The van der Waals surface area contributed by atoms with Crippen LogP contribution in [0.25, 0.3) is 20.7 Å². The van der Waals surface area contributed by atoms with Crippen molar-refractivity contribution in [1.82, 2.24) is 15.0 Å². The lowest BCUT2D eigenvalue weighted by Gasteiger charge is -2.03. The Morgan fingerprint density at radius 1 is 1.19 bits per heavy atom. The van der Waals surface area contributed by atoms with Crippen molar-refractivity contribution in [2.45, 2.75) is 6.92 Å². The van der Waals surface area contributed by atoms with Crippen molar-refractivity contribution in [3.8, 4) is 16.2 Å². The zero-order chi connectivity index (χ0) is 18.6. The molecule has 0 aliphatic rings. The predicted octanol–water partition coefficient (Wildman–Crippen LogP) is 4.52. The second kappa shape index (κ2) is 7.51. The fourth-order valence-corrected chi connectivity index (χ4v) is 3.96. The van der Waals surface area contributed by atoms with Gasteiger partial charge in [0, 0.05) is 22.8 Å². The third-order valence-electron chi connectivity index (χ3n) is 4.10. The highest BCUT2D eigenvalue weighted by molar-refractivity contribution is 7.23. The second-order valence-electron chi connectivity index (χ2n) is 5.84. The molecular weight excluding hydrogens is 358 g/mol. The van der Waals surface area contributed by atoms with Gasteiger partial charge >= 0.3 is 0 Å². The van der Waals surface area contributed by atoms with Crippen LogP contribution in [0.15, 0.2) is 60.2 Å². The molecule has 0 amide bonds. The number of aryl methyl sites for hydroxylation is 1. The van der Waals surface area contributed by atoms with Crippen LogP contribution in [-0.2, 0) is 0 Å². The molecule has 0 aliphatic carbocycles. The number of nitrogens with one attached hydrogen (secondary N) is 1. The lowest BCUT2D eigenvalue weighted by molar-refractivity contribution is 0.415. The number of methoxy groups -OCH3 is 1. The van der Waals surface area contributed by atoms with Crippen LogP contribution in [0.2, 0.25) is 0 Å². The quantitative estimate of drug-likeness (QED) is 0.410. The number of anilines is 1. The Bertz CT molecular complexity index is 1110. The van der Waals surface area contributed by atoms with Crippen molar-refractivity contribution in [3.05, 3.63) is 66.2 Å². The number of ether oxygens (including phenoxy) is 1. The molecule has 0 atom stereocenters. The molecule has 0 radical (unpaired) electrons. The van der Waals surface area contributed by atoms with Gasteiger partial charge in [-0.2, -0.15) is 5.10 Å². The molecule has 0 unspecified atom stereocenters. The van der Waals surface area contributed by atoms with E-state index in [4.69, 9.17) is 4.74 Å². The number of hydrogen-bond acceptors (Lipinski definition) is 7. The van der Waals surface area contributed by atoms with E-state index in [0.29, 0.717) is 5.82 Å². The topological polar surface area (TPSA) is 72.3 Å². The fraction of sp³-hybridized carbons (Fsp3) is 0.100. The van der Waals surface area contributed by atoms with Gasteiger partial charge in [0.1, 0.15) is 12.1 Å². The van der Waals surface area contributed by atoms with Crippen molar-refractivity contribution in [3.63, 3.8) is 0 Å². The van der Waals surface area contributed by atoms with E-state index < -0.39 is 0 Å². The first-order valence-electron chi connectivity index (χ1n) is 8.34. The third-order valence-corrected chi connectivity index (χ3v) is 5.44. The number of fused-ring (bicyclic) bond motifs is 1. The summed E-state index contributed by atoms with van der Waals surface area (Å²) in [5.41, 5.74) is 7.07. The Balaban J connectivity index is 1.70. The molecule has 4 rings (SSSR count). The second-order valence-corrected chi connectivity index (χ2v) is 6.87. The minimum Gasteiger partial charge on any atom is -0.497 e. The molecule has 1 N–H and O–H groups in total. The van der Waals surface area contributed by atoms with E-state index in [1.807, 2.05) is 30.3 Å². The Labute approximate surface area is 160 Å². The molecule has 0 fully saturated rings. The van der Waals surface area contributed by atoms with Crippen LogP contribution in [0.5, 0.6) is 5.75 Å². The van der Waals surface area contributed by atoms with Gasteiger partial charge in [0.25, 0.3) is 0 Å². The van der Waals surface area contributed by atoms with E-state index >= 15 is 0 Å². The number of thiophene rings is 1. The molecule has 7 heteroatoms. The van der Waals surface area contributed by atoms with Gasteiger partial charge in [0.05, 0.1) is 23.5 Å². The Morgan fingerprint density at radius 3 is 2.93 bits per heavy atom. The summed E-state index contributed by atoms with van der Waals surface area (Å²) in [6, 6.07) is 11.8. The maximum atomic E-state index is 5.35. The summed E-state index contributed by atoms with van der Waals surface area (Å²) < 4.78 is 6.32. The van der Waals surface area contributed by atoms with Crippen LogP contribution in [0.4, 0.5) is 5.82 Å². The highest BCUT2D eigenvalue weighted by Crippen LogP contribution is 2.40. The predicted molar refractivity (Wildman–Crippen MR) is 110 cm³/mol. The average Bonchev–Trinajstić information content (AvgIpc) is 3.06. The SMILES string of the molecule is COc1cccc(-c2sc3c(N/N=C/c4cccnc4)ncnc3c2C)c1. The van der Waals surface area contributed by atoms with Gasteiger partial charge in [0.15, 0.2) is 5.82 Å². The molecule has 0 saturated carbocycles. The van der Waals surface area contributed by atoms with Gasteiger partial charge in [-0.3, -0.25) is 10.4 Å². The van der Waals surface area contributed by atoms with Crippen molar-refractivity contribution in [2.75, 3.05) is 12.5 Å². The number of aromatic nitrogens is 3. The van der Waals surface area contributed by atoms with E-state index in [2.05, 4.69) is 38.5 Å². The normalized spacial score (nSPS) is 11.2.